The van der Waals surface area contributed by atoms with Crippen LogP contribution in [0.4, 0.5) is 0 Å². The second-order valence-electron chi connectivity index (χ2n) is 5.21. The summed E-state index contributed by atoms with van der Waals surface area (Å²) >= 11 is 3.28. The van der Waals surface area contributed by atoms with Crippen LogP contribution >= 0.6 is 0 Å². The molecule has 0 heterocycles. The van der Waals surface area contributed by atoms with E-state index in [0.717, 1.165) is 13.1 Å². The molecule has 22 heavy (non-hydrogen) atoms. The summed E-state index contributed by atoms with van der Waals surface area (Å²) in [4.78, 5) is 2.36. The zero-order valence-corrected chi connectivity index (χ0v) is 15.3. The fourth-order valence-corrected chi connectivity index (χ4v) is 3.42. The summed E-state index contributed by atoms with van der Waals surface area (Å²) in [6.45, 7) is 8.61. The van der Waals surface area contributed by atoms with E-state index < -0.39 is 0 Å². The molecule has 2 rings (SSSR count). The molecule has 0 radical (unpaired) electrons. The topological polar surface area (TPSA) is 3.24 Å². The Labute approximate surface area is 142 Å². The standard InChI is InChI=1S/C20H23NSe/c1-4-21(5-2)20(22)16(3)19(17-12-8-6-9-13-17)18-14-10-7-11-15-18/h6-15H,4-5H2,1-3H3. The zero-order valence-electron chi connectivity index (χ0n) is 13.5. The first kappa shape index (κ1) is 16.7. The van der Waals surface area contributed by atoms with Gasteiger partial charge in [0, 0.05) is 0 Å². The first-order valence-corrected chi connectivity index (χ1v) is 8.65. The molecule has 2 aromatic rings. The van der Waals surface area contributed by atoms with Crippen LogP contribution in [-0.4, -0.2) is 38.1 Å². The van der Waals surface area contributed by atoms with Crippen LogP contribution in [0.25, 0.3) is 5.57 Å². The molecular formula is C20H23NSe. The van der Waals surface area contributed by atoms with Gasteiger partial charge in [0.05, 0.1) is 0 Å². The van der Waals surface area contributed by atoms with E-state index in [4.69, 9.17) is 0 Å². The Balaban J connectivity index is 2.58. The Morgan fingerprint density at radius 2 is 1.23 bits per heavy atom. The van der Waals surface area contributed by atoms with Crippen LogP contribution in [0.1, 0.15) is 31.9 Å². The van der Waals surface area contributed by atoms with Crippen molar-refractivity contribution in [2.45, 2.75) is 20.8 Å². The molecule has 2 heteroatoms. The van der Waals surface area contributed by atoms with Crippen molar-refractivity contribution in [3.63, 3.8) is 0 Å². The molecule has 0 atom stereocenters. The van der Waals surface area contributed by atoms with Gasteiger partial charge in [-0.15, -0.1) is 0 Å². The quantitative estimate of drug-likeness (QED) is 0.703. The number of hydrogen-bond donors (Lipinski definition) is 0. The summed E-state index contributed by atoms with van der Waals surface area (Å²) in [6, 6.07) is 21.3. The summed E-state index contributed by atoms with van der Waals surface area (Å²) < 4.78 is 1.23. The van der Waals surface area contributed by atoms with Gasteiger partial charge in [0.15, 0.2) is 0 Å². The van der Waals surface area contributed by atoms with Crippen LogP contribution in [0.15, 0.2) is 66.2 Å². The van der Waals surface area contributed by atoms with Gasteiger partial charge in [0.25, 0.3) is 0 Å². The second-order valence-corrected chi connectivity index (χ2v) is 6.02. The van der Waals surface area contributed by atoms with E-state index in [0.29, 0.717) is 0 Å². The van der Waals surface area contributed by atoms with E-state index in [1.807, 2.05) is 0 Å². The van der Waals surface area contributed by atoms with Crippen molar-refractivity contribution < 1.29 is 0 Å². The van der Waals surface area contributed by atoms with Crippen LogP contribution in [-0.2, 0) is 0 Å². The average molecular weight is 356 g/mol. The van der Waals surface area contributed by atoms with Gasteiger partial charge in [-0.2, -0.15) is 0 Å². The number of nitrogens with zero attached hydrogens (tertiary/aromatic N) is 1. The molecule has 0 aromatic heterocycles. The summed E-state index contributed by atoms with van der Waals surface area (Å²) in [5.41, 5.74) is 5.10. The molecule has 0 spiro atoms. The van der Waals surface area contributed by atoms with E-state index in [-0.39, 0.29) is 0 Å². The fourth-order valence-electron chi connectivity index (χ4n) is 2.66. The Morgan fingerprint density at radius 3 is 1.59 bits per heavy atom. The summed E-state index contributed by atoms with van der Waals surface area (Å²) in [7, 11) is 0. The van der Waals surface area contributed by atoms with Crippen LogP contribution < -0.4 is 0 Å². The van der Waals surface area contributed by atoms with Crippen molar-refractivity contribution in [1.29, 1.82) is 0 Å². The Kier molecular flexibility index (Phi) is 6.18. The third-order valence-corrected chi connectivity index (χ3v) is 5.06. The minimum absolute atomic E-state index is 1.01. The molecule has 0 aliphatic carbocycles. The number of hydrogen-bond acceptors (Lipinski definition) is 1. The summed E-state index contributed by atoms with van der Waals surface area (Å²) in [5.74, 6) is 0. The fraction of sp³-hybridized carbons (Fsp3) is 0.250. The molecule has 0 saturated heterocycles. The van der Waals surface area contributed by atoms with E-state index in [1.165, 1.54) is 26.8 Å². The first-order valence-electron chi connectivity index (χ1n) is 7.80. The van der Waals surface area contributed by atoms with E-state index >= 15 is 0 Å². The van der Waals surface area contributed by atoms with Gasteiger partial charge in [-0.1, -0.05) is 0 Å². The molecular weight excluding hydrogens is 333 g/mol. The Bertz CT molecular complexity index is 598. The molecule has 0 amide bonds. The van der Waals surface area contributed by atoms with E-state index in [1.54, 1.807) is 0 Å². The van der Waals surface area contributed by atoms with Gasteiger partial charge in [-0.3, -0.25) is 0 Å². The van der Waals surface area contributed by atoms with Gasteiger partial charge in [-0.25, -0.2) is 0 Å². The van der Waals surface area contributed by atoms with Crippen molar-refractivity contribution in [1.82, 2.24) is 4.90 Å². The Morgan fingerprint density at radius 1 is 0.818 bits per heavy atom. The zero-order chi connectivity index (χ0) is 15.9. The van der Waals surface area contributed by atoms with Gasteiger partial charge < -0.3 is 0 Å². The predicted octanol–water partition coefficient (Wildman–Crippen LogP) is 4.15. The predicted molar refractivity (Wildman–Crippen MR) is 98.3 cm³/mol. The third kappa shape index (κ3) is 3.76. The van der Waals surface area contributed by atoms with Gasteiger partial charge in [0.1, 0.15) is 0 Å². The molecule has 0 fully saturated rings. The molecule has 1 nitrogen and oxygen atoms in total. The maximum atomic E-state index is 3.28. The molecule has 0 aliphatic rings. The van der Waals surface area contributed by atoms with E-state index in [9.17, 15) is 0 Å². The summed E-state index contributed by atoms with van der Waals surface area (Å²) in [6.07, 6.45) is 0. The molecule has 0 N–H and O–H groups in total. The average Bonchev–Trinajstić information content (AvgIpc) is 2.58. The van der Waals surface area contributed by atoms with Crippen LogP contribution in [0.2, 0.25) is 0 Å². The minimum atomic E-state index is 1.01. The van der Waals surface area contributed by atoms with Gasteiger partial charge >= 0.3 is 142 Å². The van der Waals surface area contributed by atoms with Crippen LogP contribution in [0.5, 0.6) is 0 Å². The van der Waals surface area contributed by atoms with Gasteiger partial charge in [0.2, 0.25) is 0 Å². The maximum absolute atomic E-state index is 3.28. The van der Waals surface area contributed by atoms with Crippen molar-refractivity contribution in [2.24, 2.45) is 0 Å². The molecule has 0 aliphatic heterocycles. The first-order chi connectivity index (χ1) is 10.7. The Hall–Kier alpha value is -1.63. The molecule has 2 aromatic carbocycles. The molecule has 0 unspecified atom stereocenters. The molecule has 114 valence electrons. The second kappa shape index (κ2) is 8.12. The SMILES string of the molecule is CCN(CC)C(=[Se])C(C)=C(c1ccccc1)c1ccccc1. The van der Waals surface area contributed by atoms with Crippen molar-refractivity contribution in [2.75, 3.05) is 13.1 Å². The summed E-state index contributed by atoms with van der Waals surface area (Å²) in [5, 5.41) is 0. The monoisotopic (exact) mass is 357 g/mol. The number of rotatable bonds is 6. The third-order valence-electron chi connectivity index (χ3n) is 3.87. The molecule has 0 bridgehead atoms. The van der Waals surface area contributed by atoms with Crippen molar-refractivity contribution >= 4 is 25.7 Å². The van der Waals surface area contributed by atoms with Crippen molar-refractivity contribution in [3.05, 3.63) is 77.4 Å². The van der Waals surface area contributed by atoms with E-state index in [2.05, 4.69) is 102 Å². The number of benzene rings is 2. The number of likely N-dealkylation sites (N-methyl/N-ethyl adjacent to an activating group) is 1. The van der Waals surface area contributed by atoms with Gasteiger partial charge in [-0.05, 0) is 0 Å². The molecule has 0 saturated carbocycles. The normalized spacial score (nSPS) is 10.1. The van der Waals surface area contributed by atoms with Crippen LogP contribution in [0, 0.1) is 0 Å². The van der Waals surface area contributed by atoms with Crippen LogP contribution in [0.3, 0.4) is 0 Å². The van der Waals surface area contributed by atoms with Crippen molar-refractivity contribution in [3.8, 4) is 0 Å².